The molecule has 0 radical (unpaired) electrons. The summed E-state index contributed by atoms with van der Waals surface area (Å²) in [6.45, 7) is 0. The summed E-state index contributed by atoms with van der Waals surface area (Å²) in [6.07, 6.45) is 5.63. The number of anilines is 1. The first kappa shape index (κ1) is 11.7. The number of isocyanates is 1. The van der Waals surface area contributed by atoms with Gasteiger partial charge in [0.05, 0.1) is 18.3 Å². The Hall–Kier alpha value is -1.80. The van der Waals surface area contributed by atoms with E-state index < -0.39 is 5.54 Å². The fraction of sp³-hybridized carbons (Fsp3) is 0.462. The Bertz CT molecular complexity index is 458. The van der Waals surface area contributed by atoms with Crippen molar-refractivity contribution in [3.63, 3.8) is 0 Å². The van der Waals surface area contributed by atoms with Crippen LogP contribution in [0.15, 0.2) is 23.2 Å². The Kier molecular flexibility index (Phi) is 3.16. The van der Waals surface area contributed by atoms with Crippen LogP contribution in [0.3, 0.4) is 0 Å². The molecule has 1 aliphatic carbocycles. The maximum absolute atomic E-state index is 10.6. The molecule has 0 saturated heterocycles. The molecule has 90 valence electrons. The summed E-state index contributed by atoms with van der Waals surface area (Å²) in [6, 6.07) is 5.61. The van der Waals surface area contributed by atoms with Crippen LogP contribution in [0.1, 0.15) is 31.2 Å². The van der Waals surface area contributed by atoms with Gasteiger partial charge in [-0.15, -0.1) is 0 Å². The molecule has 4 nitrogen and oxygen atoms in total. The molecular formula is C13H16N2O2. The van der Waals surface area contributed by atoms with Gasteiger partial charge in [0.15, 0.2) is 0 Å². The van der Waals surface area contributed by atoms with Gasteiger partial charge >= 0.3 is 0 Å². The van der Waals surface area contributed by atoms with Crippen molar-refractivity contribution in [2.24, 2.45) is 4.99 Å². The number of nitrogens with zero attached hydrogens (tertiary/aromatic N) is 1. The minimum Gasteiger partial charge on any atom is -0.495 e. The third-order valence-corrected chi connectivity index (χ3v) is 3.46. The highest BCUT2D eigenvalue weighted by atomic mass is 16.5. The second-order valence-corrected chi connectivity index (χ2v) is 4.40. The Balaban J connectivity index is 2.44. The molecule has 1 aromatic carbocycles. The number of carbonyl (C=O) groups excluding carboxylic acids is 1. The van der Waals surface area contributed by atoms with Crippen LogP contribution >= 0.6 is 0 Å². The van der Waals surface area contributed by atoms with Crippen LogP contribution in [0, 0.1) is 0 Å². The van der Waals surface area contributed by atoms with Crippen LogP contribution in [-0.2, 0) is 10.3 Å². The van der Waals surface area contributed by atoms with Crippen LogP contribution < -0.4 is 10.5 Å². The van der Waals surface area contributed by atoms with Crippen LogP contribution in [0.5, 0.6) is 5.75 Å². The highest BCUT2D eigenvalue weighted by molar-refractivity contribution is 5.56. The van der Waals surface area contributed by atoms with Crippen molar-refractivity contribution in [1.82, 2.24) is 0 Å². The van der Waals surface area contributed by atoms with Gasteiger partial charge < -0.3 is 10.5 Å². The number of nitrogens with two attached hydrogens (primary N) is 1. The summed E-state index contributed by atoms with van der Waals surface area (Å²) >= 11 is 0. The highest BCUT2D eigenvalue weighted by Crippen LogP contribution is 2.43. The molecule has 4 heteroatoms. The molecule has 2 N–H and O–H groups in total. The van der Waals surface area contributed by atoms with E-state index in [-0.39, 0.29) is 0 Å². The number of hydrogen-bond acceptors (Lipinski definition) is 4. The lowest BCUT2D eigenvalue weighted by molar-refractivity contribution is 0.415. The SMILES string of the molecule is COc1ccc(C2(N=C=O)CCCC2)cc1N. The maximum atomic E-state index is 10.6. The Morgan fingerprint density at radius 1 is 1.41 bits per heavy atom. The molecule has 0 aliphatic heterocycles. The molecule has 0 unspecified atom stereocenters. The van der Waals surface area contributed by atoms with E-state index in [1.807, 2.05) is 18.2 Å². The third kappa shape index (κ3) is 2.04. The van der Waals surface area contributed by atoms with Crippen LogP contribution in [0.25, 0.3) is 0 Å². The van der Waals surface area contributed by atoms with Crippen molar-refractivity contribution in [1.29, 1.82) is 0 Å². The smallest absolute Gasteiger partial charge is 0.235 e. The number of nitrogen functional groups attached to an aromatic ring is 1. The quantitative estimate of drug-likeness (QED) is 0.494. The van der Waals surface area contributed by atoms with Crippen molar-refractivity contribution in [3.05, 3.63) is 23.8 Å². The monoisotopic (exact) mass is 232 g/mol. The first-order chi connectivity index (χ1) is 8.22. The molecule has 1 fully saturated rings. The molecule has 0 amide bonds. The van der Waals surface area contributed by atoms with Crippen molar-refractivity contribution >= 4 is 11.8 Å². The Morgan fingerprint density at radius 3 is 2.65 bits per heavy atom. The maximum Gasteiger partial charge on any atom is 0.235 e. The number of benzene rings is 1. The van der Waals surface area contributed by atoms with Gasteiger partial charge in [0, 0.05) is 0 Å². The zero-order valence-electron chi connectivity index (χ0n) is 9.90. The van der Waals surface area contributed by atoms with Crippen molar-refractivity contribution in [3.8, 4) is 5.75 Å². The van der Waals surface area contributed by atoms with Crippen LogP contribution in [0.4, 0.5) is 5.69 Å². The van der Waals surface area contributed by atoms with Gasteiger partial charge in [0.25, 0.3) is 0 Å². The second kappa shape index (κ2) is 4.60. The summed E-state index contributed by atoms with van der Waals surface area (Å²) in [5, 5.41) is 0. The molecule has 0 heterocycles. The molecule has 0 aromatic heterocycles. The predicted octanol–water partition coefficient (Wildman–Crippen LogP) is 2.38. The Morgan fingerprint density at radius 2 is 2.12 bits per heavy atom. The highest BCUT2D eigenvalue weighted by Gasteiger charge is 2.35. The van der Waals surface area contributed by atoms with Gasteiger partial charge in [-0.05, 0) is 30.5 Å². The van der Waals surface area contributed by atoms with E-state index in [0.29, 0.717) is 11.4 Å². The van der Waals surface area contributed by atoms with Crippen molar-refractivity contribution < 1.29 is 9.53 Å². The van der Waals surface area contributed by atoms with Gasteiger partial charge in [0.2, 0.25) is 6.08 Å². The average molecular weight is 232 g/mol. The summed E-state index contributed by atoms with van der Waals surface area (Å²) < 4.78 is 5.12. The van der Waals surface area contributed by atoms with Gasteiger partial charge in [-0.25, -0.2) is 4.79 Å². The minimum atomic E-state index is -0.415. The molecular weight excluding hydrogens is 216 g/mol. The topological polar surface area (TPSA) is 64.7 Å². The fourth-order valence-electron chi connectivity index (χ4n) is 2.54. The van der Waals surface area contributed by atoms with Crippen LogP contribution in [0.2, 0.25) is 0 Å². The molecule has 1 aromatic rings. The summed E-state index contributed by atoms with van der Waals surface area (Å²) in [7, 11) is 1.58. The van der Waals surface area contributed by atoms with E-state index in [9.17, 15) is 4.79 Å². The van der Waals surface area contributed by atoms with Crippen LogP contribution in [-0.4, -0.2) is 13.2 Å². The first-order valence-electron chi connectivity index (χ1n) is 5.75. The van der Waals surface area contributed by atoms with Gasteiger partial charge in [-0.3, -0.25) is 0 Å². The largest absolute Gasteiger partial charge is 0.495 e. The molecule has 0 bridgehead atoms. The molecule has 0 atom stereocenters. The summed E-state index contributed by atoms with van der Waals surface area (Å²) in [5.41, 5.74) is 7.04. The molecule has 0 spiro atoms. The van der Waals surface area contributed by atoms with E-state index in [4.69, 9.17) is 10.5 Å². The van der Waals surface area contributed by atoms with Crippen molar-refractivity contribution in [2.45, 2.75) is 31.2 Å². The van der Waals surface area contributed by atoms with E-state index in [2.05, 4.69) is 4.99 Å². The minimum absolute atomic E-state index is 0.415. The van der Waals surface area contributed by atoms with Crippen molar-refractivity contribution in [2.75, 3.05) is 12.8 Å². The number of methoxy groups -OCH3 is 1. The summed E-state index contributed by atoms with van der Waals surface area (Å²) in [4.78, 5) is 14.6. The lowest BCUT2D eigenvalue weighted by Crippen LogP contribution is -2.19. The number of rotatable bonds is 3. The molecule has 1 saturated carbocycles. The van der Waals surface area contributed by atoms with E-state index in [1.165, 1.54) is 0 Å². The molecule has 17 heavy (non-hydrogen) atoms. The normalized spacial score (nSPS) is 17.5. The zero-order valence-corrected chi connectivity index (χ0v) is 9.90. The lowest BCUT2D eigenvalue weighted by atomic mass is 9.88. The molecule has 2 rings (SSSR count). The summed E-state index contributed by atoms with van der Waals surface area (Å²) in [5.74, 6) is 0.650. The predicted molar refractivity (Wildman–Crippen MR) is 65.7 cm³/mol. The average Bonchev–Trinajstić information content (AvgIpc) is 2.79. The Labute approximate surface area is 100 Å². The first-order valence-corrected chi connectivity index (χ1v) is 5.75. The van der Waals surface area contributed by atoms with E-state index in [1.54, 1.807) is 13.2 Å². The second-order valence-electron chi connectivity index (χ2n) is 4.40. The van der Waals surface area contributed by atoms with E-state index >= 15 is 0 Å². The fourth-order valence-corrected chi connectivity index (χ4v) is 2.54. The standard InChI is InChI=1S/C13H16N2O2/c1-17-12-5-4-10(8-11(12)14)13(15-9-16)6-2-3-7-13/h4-5,8H,2-3,6-7,14H2,1H3. The van der Waals surface area contributed by atoms with E-state index in [0.717, 1.165) is 31.2 Å². The van der Waals surface area contributed by atoms with Gasteiger partial charge in [-0.1, -0.05) is 18.9 Å². The number of aliphatic imine (C=N–C) groups is 1. The molecule has 1 aliphatic rings. The lowest BCUT2D eigenvalue weighted by Gasteiger charge is -2.23. The third-order valence-electron chi connectivity index (χ3n) is 3.46. The van der Waals surface area contributed by atoms with Gasteiger partial charge in [-0.2, -0.15) is 4.99 Å². The number of ether oxygens (including phenoxy) is 1. The van der Waals surface area contributed by atoms with Gasteiger partial charge in [0.1, 0.15) is 5.75 Å². The number of hydrogen-bond donors (Lipinski definition) is 1. The zero-order chi connectivity index (χ0) is 12.3.